The van der Waals surface area contributed by atoms with Crippen molar-refractivity contribution in [2.24, 2.45) is 5.14 Å². The van der Waals surface area contributed by atoms with Crippen molar-refractivity contribution in [2.45, 2.75) is 29.5 Å². The van der Waals surface area contributed by atoms with E-state index in [-0.39, 0.29) is 34.6 Å². The minimum absolute atomic E-state index is 0.0379. The van der Waals surface area contributed by atoms with Gasteiger partial charge in [-0.25, -0.2) is 18.9 Å². The van der Waals surface area contributed by atoms with E-state index in [9.17, 15) is 22.3 Å². The van der Waals surface area contributed by atoms with Gasteiger partial charge < -0.3 is 9.84 Å². The lowest BCUT2D eigenvalue weighted by atomic mass is 9.85. The lowest BCUT2D eigenvalue weighted by Crippen LogP contribution is -2.65. The first-order valence-electron chi connectivity index (χ1n) is 8.03. The van der Waals surface area contributed by atoms with Crippen LogP contribution in [0.2, 0.25) is 0 Å². The highest BCUT2D eigenvalue weighted by Crippen LogP contribution is 2.43. The quantitative estimate of drug-likeness (QED) is 0.523. The second-order valence-corrected chi connectivity index (χ2v) is 8.91. The maximum absolute atomic E-state index is 13.8. The summed E-state index contributed by atoms with van der Waals surface area (Å²) in [5.41, 5.74) is -1.08. The fourth-order valence-corrected chi connectivity index (χ4v) is 4.83. The molecule has 8 nitrogen and oxygen atoms in total. The Morgan fingerprint density at radius 3 is 2.75 bits per heavy atom. The molecule has 3 N–H and O–H groups in total. The standard InChI is InChI=1S/C16H18F2N4O4S2/c1-16(23)8-22(28(19,24)25)14(16)11-6-12(26-2)21-15(20-11)27-7-9-4-3-5-10(17)13(9)18/h3-6,14,23H,7-8H2,1-2H3,(H2,19,24,25). The first kappa shape index (κ1) is 20.9. The molecule has 0 amide bonds. The van der Waals surface area contributed by atoms with Crippen molar-refractivity contribution in [3.63, 3.8) is 0 Å². The van der Waals surface area contributed by atoms with E-state index >= 15 is 0 Å². The van der Waals surface area contributed by atoms with Gasteiger partial charge >= 0.3 is 0 Å². The number of hydrogen-bond acceptors (Lipinski definition) is 7. The summed E-state index contributed by atoms with van der Waals surface area (Å²) in [6.45, 7) is 1.28. The Labute approximate surface area is 164 Å². The summed E-state index contributed by atoms with van der Waals surface area (Å²) in [6.07, 6.45) is 0. The molecular formula is C16H18F2N4O4S2. The molecule has 2 aromatic rings. The van der Waals surface area contributed by atoms with Crippen LogP contribution in [0.1, 0.15) is 24.2 Å². The number of rotatable bonds is 6. The number of aromatic nitrogens is 2. The van der Waals surface area contributed by atoms with E-state index in [2.05, 4.69) is 9.97 Å². The summed E-state index contributed by atoms with van der Waals surface area (Å²) in [5.74, 6) is -1.75. The molecule has 0 aliphatic carbocycles. The normalized spacial score (nSPS) is 22.7. The third-order valence-corrected chi connectivity index (χ3v) is 6.15. The van der Waals surface area contributed by atoms with Crippen LogP contribution < -0.4 is 9.88 Å². The average molecular weight is 432 g/mol. The van der Waals surface area contributed by atoms with Gasteiger partial charge in [-0.1, -0.05) is 23.9 Å². The van der Waals surface area contributed by atoms with Crippen LogP contribution >= 0.6 is 11.8 Å². The molecule has 3 rings (SSSR count). The first-order chi connectivity index (χ1) is 13.0. The second-order valence-electron chi connectivity index (χ2n) is 6.47. The van der Waals surface area contributed by atoms with E-state index < -0.39 is 33.5 Å². The van der Waals surface area contributed by atoms with Crippen molar-refractivity contribution >= 4 is 22.0 Å². The average Bonchev–Trinajstić information content (AvgIpc) is 2.60. The van der Waals surface area contributed by atoms with E-state index in [0.29, 0.717) is 0 Å². The van der Waals surface area contributed by atoms with Crippen molar-refractivity contribution < 1.29 is 27.0 Å². The smallest absolute Gasteiger partial charge is 0.277 e. The molecule has 0 bridgehead atoms. The summed E-state index contributed by atoms with van der Waals surface area (Å²) in [5, 5.41) is 15.8. The van der Waals surface area contributed by atoms with E-state index in [4.69, 9.17) is 9.88 Å². The maximum atomic E-state index is 13.8. The molecule has 152 valence electrons. The largest absolute Gasteiger partial charge is 0.481 e. The zero-order chi connectivity index (χ0) is 20.7. The molecule has 0 radical (unpaired) electrons. The summed E-state index contributed by atoms with van der Waals surface area (Å²) in [7, 11) is -2.69. The molecule has 2 heterocycles. The van der Waals surface area contributed by atoms with Gasteiger partial charge in [0.25, 0.3) is 10.2 Å². The lowest BCUT2D eigenvalue weighted by molar-refractivity contribution is -0.102. The molecule has 2 unspecified atom stereocenters. The van der Waals surface area contributed by atoms with Gasteiger partial charge in [-0.2, -0.15) is 17.7 Å². The van der Waals surface area contributed by atoms with Crippen molar-refractivity contribution in [3.05, 3.63) is 47.2 Å². The van der Waals surface area contributed by atoms with Gasteiger partial charge in [0.15, 0.2) is 16.8 Å². The van der Waals surface area contributed by atoms with Crippen molar-refractivity contribution in [3.8, 4) is 5.88 Å². The Hall–Kier alpha value is -1.86. The fraction of sp³-hybridized carbons (Fsp3) is 0.375. The van der Waals surface area contributed by atoms with Crippen LogP contribution in [0.3, 0.4) is 0 Å². The van der Waals surface area contributed by atoms with E-state index in [1.807, 2.05) is 0 Å². The number of halogens is 2. The number of ether oxygens (including phenoxy) is 1. The highest BCUT2D eigenvalue weighted by atomic mass is 32.2. The molecule has 12 heteroatoms. The molecule has 2 atom stereocenters. The van der Waals surface area contributed by atoms with Crippen LogP contribution in [0.15, 0.2) is 29.4 Å². The van der Waals surface area contributed by atoms with Crippen molar-refractivity contribution in [1.82, 2.24) is 14.3 Å². The van der Waals surface area contributed by atoms with E-state index in [1.165, 1.54) is 32.2 Å². The highest BCUT2D eigenvalue weighted by Gasteiger charge is 2.54. The zero-order valence-electron chi connectivity index (χ0n) is 15.0. The van der Waals surface area contributed by atoms with Crippen LogP contribution in [0.5, 0.6) is 5.88 Å². The Balaban J connectivity index is 1.91. The molecule has 1 aromatic heterocycles. The molecule has 1 saturated heterocycles. The Kier molecular flexibility index (Phi) is 5.60. The number of methoxy groups -OCH3 is 1. The number of nitrogens with zero attached hydrogens (tertiary/aromatic N) is 3. The molecule has 1 aliphatic rings. The van der Waals surface area contributed by atoms with Crippen molar-refractivity contribution in [2.75, 3.05) is 13.7 Å². The number of benzene rings is 1. The predicted molar refractivity (Wildman–Crippen MR) is 97.7 cm³/mol. The summed E-state index contributed by atoms with van der Waals surface area (Å²) >= 11 is 1.01. The van der Waals surface area contributed by atoms with Gasteiger partial charge in [0.1, 0.15) is 0 Å². The van der Waals surface area contributed by atoms with Gasteiger partial charge in [0.05, 0.1) is 24.4 Å². The summed E-state index contributed by atoms with van der Waals surface area (Å²) < 4.78 is 56.7. The second kappa shape index (κ2) is 7.52. The van der Waals surface area contributed by atoms with E-state index in [1.54, 1.807) is 0 Å². The molecule has 1 fully saturated rings. The minimum atomic E-state index is -4.06. The number of thioether (sulfide) groups is 1. The van der Waals surface area contributed by atoms with Crippen LogP contribution in [-0.2, 0) is 16.0 Å². The molecular weight excluding hydrogens is 414 g/mol. The summed E-state index contributed by atoms with van der Waals surface area (Å²) in [4.78, 5) is 8.39. The van der Waals surface area contributed by atoms with Crippen LogP contribution in [0.25, 0.3) is 0 Å². The van der Waals surface area contributed by atoms with Gasteiger partial charge in [0, 0.05) is 23.9 Å². The number of β-amino-alcohol motifs (C(OH)–C–C–N with tert-alkyl or cyclic N) is 1. The minimum Gasteiger partial charge on any atom is -0.481 e. The Bertz CT molecular complexity index is 1000. The zero-order valence-corrected chi connectivity index (χ0v) is 16.6. The predicted octanol–water partition coefficient (Wildman–Crippen LogP) is 1.37. The number of hydrogen-bond donors (Lipinski definition) is 2. The molecule has 1 aliphatic heterocycles. The van der Waals surface area contributed by atoms with Crippen LogP contribution in [-0.4, -0.2) is 47.1 Å². The monoisotopic (exact) mass is 432 g/mol. The maximum Gasteiger partial charge on any atom is 0.277 e. The van der Waals surface area contributed by atoms with Gasteiger partial charge in [-0.05, 0) is 13.0 Å². The van der Waals surface area contributed by atoms with Crippen LogP contribution in [0, 0.1) is 11.6 Å². The Morgan fingerprint density at radius 2 is 2.14 bits per heavy atom. The molecule has 28 heavy (non-hydrogen) atoms. The van der Waals surface area contributed by atoms with E-state index in [0.717, 1.165) is 22.1 Å². The van der Waals surface area contributed by atoms with Gasteiger partial charge in [-0.15, -0.1) is 0 Å². The Morgan fingerprint density at radius 1 is 1.43 bits per heavy atom. The summed E-state index contributed by atoms with van der Waals surface area (Å²) in [6, 6.07) is 4.21. The van der Waals surface area contributed by atoms with Gasteiger partial charge in [-0.3, -0.25) is 0 Å². The molecule has 1 aromatic carbocycles. The topological polar surface area (TPSA) is 119 Å². The van der Waals surface area contributed by atoms with Crippen LogP contribution in [0.4, 0.5) is 8.78 Å². The van der Waals surface area contributed by atoms with Crippen molar-refractivity contribution in [1.29, 1.82) is 0 Å². The molecule has 0 spiro atoms. The number of aliphatic hydroxyl groups is 1. The third-order valence-electron chi connectivity index (χ3n) is 4.26. The lowest BCUT2D eigenvalue weighted by Gasteiger charge is -2.50. The fourth-order valence-electron chi connectivity index (χ4n) is 2.93. The SMILES string of the molecule is COc1cc(C2N(S(N)(=O)=O)CC2(C)O)nc(SCc2cccc(F)c2F)n1. The molecule has 0 saturated carbocycles. The highest BCUT2D eigenvalue weighted by molar-refractivity contribution is 7.98. The van der Waals surface area contributed by atoms with Gasteiger partial charge in [0.2, 0.25) is 5.88 Å². The first-order valence-corrected chi connectivity index (χ1v) is 10.5. The third kappa shape index (κ3) is 4.10. The number of nitrogens with two attached hydrogens (primary N) is 1.